The summed E-state index contributed by atoms with van der Waals surface area (Å²) in [6.45, 7) is 0. The van der Waals surface area contributed by atoms with Crippen molar-refractivity contribution in [2.45, 2.75) is 31.7 Å². The van der Waals surface area contributed by atoms with Crippen LogP contribution in [-0.4, -0.2) is 51.9 Å². The van der Waals surface area contributed by atoms with Gasteiger partial charge in [-0.2, -0.15) is 5.10 Å². The Morgan fingerprint density at radius 2 is 2.03 bits per heavy atom. The lowest BCUT2D eigenvalue weighted by Crippen LogP contribution is -2.51. The average Bonchev–Trinajstić information content (AvgIpc) is 3.41. The third kappa shape index (κ3) is 2.83. The lowest BCUT2D eigenvalue weighted by Gasteiger charge is -2.47. The molecule has 3 N–H and O–H groups in total. The van der Waals surface area contributed by atoms with Crippen molar-refractivity contribution in [2.75, 3.05) is 5.32 Å². The van der Waals surface area contributed by atoms with Crippen LogP contribution in [0.1, 0.15) is 25.7 Å². The van der Waals surface area contributed by atoms with Gasteiger partial charge in [0.1, 0.15) is 11.5 Å². The largest absolute Gasteiger partial charge is 0.481 e. The first-order chi connectivity index (χ1) is 15.1. The van der Waals surface area contributed by atoms with Gasteiger partial charge >= 0.3 is 5.97 Å². The number of nitrogens with one attached hydrogen (secondary N) is 2. The number of carbonyl (C=O) groups is 1. The van der Waals surface area contributed by atoms with E-state index in [1.807, 2.05) is 0 Å². The van der Waals surface area contributed by atoms with Gasteiger partial charge in [-0.3, -0.25) is 9.89 Å². The van der Waals surface area contributed by atoms with Crippen molar-refractivity contribution in [3.63, 3.8) is 0 Å². The Kier molecular flexibility index (Phi) is 3.92. The van der Waals surface area contributed by atoms with Crippen LogP contribution >= 0.6 is 0 Å². The highest BCUT2D eigenvalue weighted by Crippen LogP contribution is 2.46. The van der Waals surface area contributed by atoms with E-state index in [1.54, 1.807) is 16.9 Å². The maximum Gasteiger partial charge on any atom is 0.308 e. The van der Waals surface area contributed by atoms with Crippen molar-refractivity contribution in [1.82, 2.24) is 34.8 Å². The highest BCUT2D eigenvalue weighted by atomic mass is 19.1. The molecule has 0 amide bonds. The van der Waals surface area contributed by atoms with Gasteiger partial charge in [0.2, 0.25) is 5.82 Å². The van der Waals surface area contributed by atoms with E-state index in [-0.39, 0.29) is 23.7 Å². The molecule has 4 aromatic rings. The van der Waals surface area contributed by atoms with Gasteiger partial charge in [-0.05, 0) is 43.6 Å². The number of pyridine rings is 1. The van der Waals surface area contributed by atoms with Crippen molar-refractivity contribution >= 4 is 28.5 Å². The molecular formula is C20H19FN8O2. The molecule has 0 unspecified atom stereocenters. The molecule has 7 rings (SSSR count). The van der Waals surface area contributed by atoms with Crippen molar-refractivity contribution in [3.8, 4) is 11.5 Å². The Hall–Kier alpha value is -3.63. The second kappa shape index (κ2) is 6.69. The summed E-state index contributed by atoms with van der Waals surface area (Å²) in [6, 6.07) is 1.10. The van der Waals surface area contributed by atoms with Crippen LogP contribution in [-0.2, 0) is 4.79 Å². The lowest BCUT2D eigenvalue weighted by atomic mass is 9.61. The van der Waals surface area contributed by atoms with E-state index in [9.17, 15) is 14.3 Å². The van der Waals surface area contributed by atoms with E-state index in [2.05, 4.69) is 35.6 Å². The number of nitrogens with zero attached hydrogens (tertiary/aromatic N) is 6. The molecule has 10 nitrogen and oxygen atoms in total. The van der Waals surface area contributed by atoms with Gasteiger partial charge in [0.25, 0.3) is 0 Å². The number of carboxylic acid groups (broad SMARTS) is 1. The molecule has 0 aliphatic heterocycles. The molecular weight excluding hydrogens is 403 g/mol. The average molecular weight is 422 g/mol. The van der Waals surface area contributed by atoms with Gasteiger partial charge in [0.15, 0.2) is 17.1 Å². The molecule has 158 valence electrons. The van der Waals surface area contributed by atoms with Gasteiger partial charge in [-0.15, -0.1) is 5.10 Å². The first-order valence-electron chi connectivity index (χ1n) is 10.3. The van der Waals surface area contributed by atoms with Crippen LogP contribution in [0.4, 0.5) is 10.2 Å². The number of aliphatic carboxylic acids is 1. The van der Waals surface area contributed by atoms with Crippen LogP contribution < -0.4 is 5.32 Å². The van der Waals surface area contributed by atoms with Crippen LogP contribution in [0.5, 0.6) is 0 Å². The zero-order valence-electron chi connectivity index (χ0n) is 16.4. The topological polar surface area (TPSA) is 134 Å². The molecule has 2 bridgehead atoms. The molecule has 3 saturated carbocycles. The van der Waals surface area contributed by atoms with Crippen LogP contribution in [0.15, 0.2) is 24.7 Å². The first-order valence-corrected chi connectivity index (χ1v) is 10.3. The number of imidazole rings is 1. The van der Waals surface area contributed by atoms with Crippen molar-refractivity contribution in [2.24, 2.45) is 17.8 Å². The molecule has 0 radical (unpaired) electrons. The van der Waals surface area contributed by atoms with Crippen LogP contribution in [0.25, 0.3) is 28.2 Å². The molecule has 0 aromatic carbocycles. The smallest absolute Gasteiger partial charge is 0.308 e. The van der Waals surface area contributed by atoms with Crippen LogP contribution in [0, 0.1) is 23.6 Å². The predicted molar refractivity (Wildman–Crippen MR) is 108 cm³/mol. The van der Waals surface area contributed by atoms with E-state index < -0.39 is 17.7 Å². The van der Waals surface area contributed by atoms with Gasteiger partial charge in [0, 0.05) is 18.4 Å². The molecule has 0 saturated heterocycles. The first kappa shape index (κ1) is 18.2. The maximum atomic E-state index is 13.8. The quantitative estimate of drug-likeness (QED) is 0.457. The van der Waals surface area contributed by atoms with Crippen molar-refractivity contribution in [1.29, 1.82) is 0 Å². The summed E-state index contributed by atoms with van der Waals surface area (Å²) in [4.78, 5) is 25.0. The number of aromatic nitrogens is 7. The van der Waals surface area contributed by atoms with E-state index in [0.29, 0.717) is 28.2 Å². The maximum absolute atomic E-state index is 13.8. The van der Waals surface area contributed by atoms with E-state index in [4.69, 9.17) is 0 Å². The number of carboxylic acids is 1. The number of aromatic amines is 1. The van der Waals surface area contributed by atoms with E-state index in [1.165, 1.54) is 6.07 Å². The number of rotatable bonds is 4. The van der Waals surface area contributed by atoms with Gasteiger partial charge in [-0.1, -0.05) is 0 Å². The summed E-state index contributed by atoms with van der Waals surface area (Å²) >= 11 is 0. The molecule has 4 heterocycles. The minimum atomic E-state index is -0.777. The molecule has 3 fully saturated rings. The highest BCUT2D eigenvalue weighted by molar-refractivity contribution is 5.89. The van der Waals surface area contributed by atoms with Crippen LogP contribution in [0.2, 0.25) is 0 Å². The van der Waals surface area contributed by atoms with Crippen molar-refractivity contribution in [3.05, 3.63) is 30.5 Å². The fraction of sp³-hybridized carbons (Fsp3) is 0.400. The highest BCUT2D eigenvalue weighted by Gasteiger charge is 2.47. The summed E-state index contributed by atoms with van der Waals surface area (Å²) in [5.41, 5.74) is 1.29. The molecule has 31 heavy (non-hydrogen) atoms. The fourth-order valence-electron chi connectivity index (χ4n) is 5.24. The summed E-state index contributed by atoms with van der Waals surface area (Å²) < 4.78 is 15.3. The monoisotopic (exact) mass is 422 g/mol. The second-order valence-electron chi connectivity index (χ2n) is 8.31. The zero-order chi connectivity index (χ0) is 21.1. The third-order valence-electron chi connectivity index (χ3n) is 6.66. The number of anilines is 1. The van der Waals surface area contributed by atoms with Gasteiger partial charge < -0.3 is 10.4 Å². The number of halogens is 1. The summed E-state index contributed by atoms with van der Waals surface area (Å²) in [5, 5.41) is 25.2. The minimum absolute atomic E-state index is 0.168. The Balaban J connectivity index is 1.46. The zero-order valence-corrected chi connectivity index (χ0v) is 16.4. The molecule has 3 aliphatic carbocycles. The molecule has 11 heteroatoms. The molecule has 0 spiro atoms. The second-order valence-corrected chi connectivity index (χ2v) is 8.31. The Labute approximate surface area is 174 Å². The number of hydrogen-bond acceptors (Lipinski definition) is 7. The van der Waals surface area contributed by atoms with Crippen molar-refractivity contribution < 1.29 is 14.3 Å². The van der Waals surface area contributed by atoms with E-state index >= 15 is 0 Å². The normalized spacial score (nSPS) is 25.3. The molecule has 3 aliphatic rings. The third-order valence-corrected chi connectivity index (χ3v) is 6.66. The van der Waals surface area contributed by atoms with E-state index in [0.717, 1.165) is 31.9 Å². The number of H-pyrrole nitrogens is 1. The van der Waals surface area contributed by atoms with Gasteiger partial charge in [-0.25, -0.2) is 23.9 Å². The summed E-state index contributed by atoms with van der Waals surface area (Å²) in [7, 11) is 0. The Bertz CT molecular complexity index is 1310. The Morgan fingerprint density at radius 3 is 2.84 bits per heavy atom. The number of hydrogen-bond donors (Lipinski definition) is 3. The fourth-order valence-corrected chi connectivity index (χ4v) is 5.24. The summed E-state index contributed by atoms with van der Waals surface area (Å²) in [6.07, 6.45) is 8.30. The predicted octanol–water partition coefficient (Wildman–Crippen LogP) is 2.50. The van der Waals surface area contributed by atoms with Crippen LogP contribution in [0.3, 0.4) is 0 Å². The molecule has 2 atom stereocenters. The molecule has 4 aromatic heterocycles. The standard InChI is InChI=1S/C20H19FN8O2/c21-11-7-12-15(26-27-16(12)23-8-11)17-25-18(19-22-5-6-29(19)28-17)24-14-10-3-1-9(2-4-10)13(14)20(30)31/h5-10,13-14H,1-4H2,(H,30,31)(H,23,26,27)(H,24,25,28)/t9?,10?,13-,14-/m0/s1. The SMILES string of the molecule is O=C(O)[C@H]1C2CCC(CC2)[C@@H]1Nc1nc(-c2n[nH]c3ncc(F)cc23)nn2ccnc12. The lowest BCUT2D eigenvalue weighted by molar-refractivity contribution is -0.148. The minimum Gasteiger partial charge on any atom is -0.481 e. The Morgan fingerprint density at radius 1 is 1.23 bits per heavy atom. The summed E-state index contributed by atoms with van der Waals surface area (Å²) in [5.74, 6) is -0.588. The van der Waals surface area contributed by atoms with Gasteiger partial charge in [0.05, 0.1) is 17.5 Å². The number of fused-ring (bicyclic) bond motifs is 5.